The van der Waals surface area contributed by atoms with Crippen LogP contribution in [0.15, 0.2) is 28.5 Å². The summed E-state index contributed by atoms with van der Waals surface area (Å²) in [7, 11) is 2.76. The summed E-state index contributed by atoms with van der Waals surface area (Å²) in [6, 6.07) is 4.45. The van der Waals surface area contributed by atoms with Crippen molar-refractivity contribution in [3.05, 3.63) is 34.8 Å². The molecule has 10 heteroatoms. The quantitative estimate of drug-likeness (QED) is 0.821. The summed E-state index contributed by atoms with van der Waals surface area (Å²) < 4.78 is 31.5. The van der Waals surface area contributed by atoms with E-state index in [4.69, 9.17) is 15.4 Å². The Labute approximate surface area is 129 Å². The van der Waals surface area contributed by atoms with Crippen LogP contribution in [-0.4, -0.2) is 31.0 Å². The topological polar surface area (TPSA) is 98.2 Å². The van der Waals surface area contributed by atoms with E-state index >= 15 is 0 Å². The summed E-state index contributed by atoms with van der Waals surface area (Å²) in [5.41, 5.74) is 0.769. The monoisotopic (exact) mass is 347 g/mol. The van der Waals surface area contributed by atoms with E-state index < -0.39 is 15.0 Å². The van der Waals surface area contributed by atoms with Gasteiger partial charge in [0.15, 0.2) is 5.69 Å². The minimum Gasteiger partial charge on any atom is -0.495 e. The second-order valence-electron chi connectivity index (χ2n) is 3.90. The molecule has 0 saturated carbocycles. The van der Waals surface area contributed by atoms with E-state index in [9.17, 15) is 13.2 Å². The van der Waals surface area contributed by atoms with Crippen molar-refractivity contribution in [2.24, 2.45) is 0 Å². The number of hydrogen-bond acceptors (Lipinski definition) is 7. The Bertz CT molecular complexity index is 747. The van der Waals surface area contributed by atoms with Crippen LogP contribution in [0.5, 0.6) is 5.75 Å². The maximum absolute atomic E-state index is 11.7. The van der Waals surface area contributed by atoms with Gasteiger partial charge in [0, 0.05) is 22.6 Å². The van der Waals surface area contributed by atoms with Gasteiger partial charge >= 0.3 is 0 Å². The molecule has 0 saturated heterocycles. The van der Waals surface area contributed by atoms with Crippen molar-refractivity contribution in [1.82, 2.24) is 14.9 Å². The first-order chi connectivity index (χ1) is 9.91. The van der Waals surface area contributed by atoms with E-state index in [1.165, 1.54) is 24.6 Å². The lowest BCUT2D eigenvalue weighted by Crippen LogP contribution is -2.23. The molecule has 0 atom stereocenters. The number of carbonyl (C=O) groups excluding carboxylic acids is 1. The number of benzene rings is 1. The molecule has 0 aliphatic carbocycles. The number of halogens is 1. The Balaban J connectivity index is 2.16. The molecule has 0 fully saturated rings. The van der Waals surface area contributed by atoms with E-state index in [1.54, 1.807) is 6.07 Å². The average Bonchev–Trinajstić information content (AvgIpc) is 2.97. The van der Waals surface area contributed by atoms with Gasteiger partial charge in [-0.1, -0.05) is 10.6 Å². The normalized spacial score (nSPS) is 11.1. The molecule has 1 heterocycles. The molecule has 7 nitrogen and oxygen atoms in total. The number of hydrogen-bond donors (Lipinski definition) is 1. The van der Waals surface area contributed by atoms with Gasteiger partial charge in [-0.3, -0.25) is 4.79 Å². The van der Waals surface area contributed by atoms with Crippen molar-refractivity contribution < 1.29 is 17.9 Å². The number of carbonyl (C=O) groups is 1. The fourth-order valence-corrected chi connectivity index (χ4v) is 3.04. The Kier molecular flexibility index (Phi) is 4.76. The predicted octanol–water partition coefficient (Wildman–Crippen LogP) is 1.40. The number of ether oxygens (including phenoxy) is 1. The molecule has 0 aliphatic heterocycles. The molecule has 0 aliphatic rings. The molecule has 2 rings (SSSR count). The van der Waals surface area contributed by atoms with Crippen LogP contribution >= 0.6 is 22.2 Å². The van der Waals surface area contributed by atoms with E-state index in [-0.39, 0.29) is 22.9 Å². The van der Waals surface area contributed by atoms with Gasteiger partial charge in [-0.15, -0.1) is 5.10 Å². The van der Waals surface area contributed by atoms with Crippen molar-refractivity contribution in [1.29, 1.82) is 0 Å². The second-order valence-corrected chi connectivity index (χ2v) is 7.04. The molecule has 2 aromatic rings. The van der Waals surface area contributed by atoms with Gasteiger partial charge in [0.05, 0.1) is 7.11 Å². The smallest absolute Gasteiger partial charge is 0.273 e. The van der Waals surface area contributed by atoms with Gasteiger partial charge in [-0.2, -0.15) is 0 Å². The number of nitrogens with zero attached hydrogens (tertiary/aromatic N) is 2. The highest BCUT2D eigenvalue weighted by atomic mass is 35.7. The second kappa shape index (κ2) is 6.37. The lowest BCUT2D eigenvalue weighted by atomic mass is 10.2. The third-order valence-corrected chi connectivity index (χ3v) is 4.38. The van der Waals surface area contributed by atoms with Crippen LogP contribution in [0.3, 0.4) is 0 Å². The molecule has 21 heavy (non-hydrogen) atoms. The summed E-state index contributed by atoms with van der Waals surface area (Å²) in [6.45, 7) is 0.125. The van der Waals surface area contributed by atoms with E-state index in [2.05, 4.69) is 14.9 Å². The van der Waals surface area contributed by atoms with Gasteiger partial charge in [-0.05, 0) is 29.2 Å². The SMILES string of the molecule is COc1ccc(CNC(=O)c2csnn2)cc1S(=O)(=O)Cl. The lowest BCUT2D eigenvalue weighted by molar-refractivity contribution is 0.0946. The molecule has 0 bridgehead atoms. The van der Waals surface area contributed by atoms with Crippen LogP contribution in [0.4, 0.5) is 0 Å². The Hall–Kier alpha value is -1.71. The fourth-order valence-electron chi connectivity index (χ4n) is 1.56. The van der Waals surface area contributed by atoms with Crippen molar-refractivity contribution in [3.63, 3.8) is 0 Å². The molecule has 1 N–H and O–H groups in total. The average molecular weight is 348 g/mol. The third-order valence-electron chi connectivity index (χ3n) is 2.54. The minimum atomic E-state index is -3.94. The van der Waals surface area contributed by atoms with Gasteiger partial charge in [0.1, 0.15) is 10.6 Å². The first kappa shape index (κ1) is 15.7. The standard InChI is InChI=1S/C11H10ClN3O4S2/c1-19-9-3-2-7(4-10(9)21(12,17)18)5-13-11(16)8-6-20-15-14-8/h2-4,6H,5H2,1H3,(H,13,16). The molecule has 0 radical (unpaired) electrons. The number of amides is 1. The number of rotatable bonds is 5. The van der Waals surface area contributed by atoms with Crippen molar-refractivity contribution in [3.8, 4) is 5.75 Å². The van der Waals surface area contributed by atoms with E-state index in [0.717, 1.165) is 11.5 Å². The lowest BCUT2D eigenvalue weighted by Gasteiger charge is -2.09. The van der Waals surface area contributed by atoms with Gasteiger partial charge < -0.3 is 10.1 Å². The molecule has 1 aromatic carbocycles. The highest BCUT2D eigenvalue weighted by molar-refractivity contribution is 8.13. The zero-order valence-corrected chi connectivity index (χ0v) is 13.1. The zero-order valence-electron chi connectivity index (χ0n) is 10.7. The van der Waals surface area contributed by atoms with Gasteiger partial charge in [-0.25, -0.2) is 8.42 Å². The Morgan fingerprint density at radius 2 is 2.24 bits per heavy atom. The predicted molar refractivity (Wildman–Crippen MR) is 77.1 cm³/mol. The maximum Gasteiger partial charge on any atom is 0.273 e. The Morgan fingerprint density at radius 1 is 1.48 bits per heavy atom. The summed E-state index contributed by atoms with van der Waals surface area (Å²) in [6.07, 6.45) is 0. The van der Waals surface area contributed by atoms with Crippen molar-refractivity contribution in [2.75, 3.05) is 7.11 Å². The molecular formula is C11H10ClN3O4S2. The first-order valence-electron chi connectivity index (χ1n) is 5.58. The summed E-state index contributed by atoms with van der Waals surface area (Å²) in [4.78, 5) is 11.6. The van der Waals surface area contributed by atoms with Crippen LogP contribution in [0, 0.1) is 0 Å². The first-order valence-corrected chi connectivity index (χ1v) is 8.73. The van der Waals surface area contributed by atoms with Gasteiger partial charge in [0.25, 0.3) is 15.0 Å². The van der Waals surface area contributed by atoms with Crippen molar-refractivity contribution in [2.45, 2.75) is 11.4 Å². The van der Waals surface area contributed by atoms with Crippen LogP contribution in [0.2, 0.25) is 0 Å². The molecule has 1 amide bonds. The van der Waals surface area contributed by atoms with Crippen LogP contribution < -0.4 is 10.1 Å². The van der Waals surface area contributed by atoms with E-state index in [0.29, 0.717) is 5.56 Å². The highest BCUT2D eigenvalue weighted by Crippen LogP contribution is 2.27. The summed E-state index contributed by atoms with van der Waals surface area (Å²) >= 11 is 1.07. The molecule has 0 unspecified atom stereocenters. The number of methoxy groups -OCH3 is 1. The van der Waals surface area contributed by atoms with Crippen molar-refractivity contribution >= 4 is 37.2 Å². The molecular weight excluding hydrogens is 338 g/mol. The minimum absolute atomic E-state index is 0.125. The maximum atomic E-state index is 11.7. The number of nitrogens with one attached hydrogen (secondary N) is 1. The summed E-state index contributed by atoms with van der Waals surface area (Å²) in [5.74, 6) is -0.251. The third kappa shape index (κ3) is 3.90. The van der Waals surface area contributed by atoms with Crippen LogP contribution in [0.1, 0.15) is 16.1 Å². The molecule has 0 spiro atoms. The largest absolute Gasteiger partial charge is 0.495 e. The van der Waals surface area contributed by atoms with Gasteiger partial charge in [0.2, 0.25) is 0 Å². The van der Waals surface area contributed by atoms with E-state index in [1.807, 2.05) is 0 Å². The molecule has 112 valence electrons. The fraction of sp³-hybridized carbons (Fsp3) is 0.182. The Morgan fingerprint density at radius 3 is 2.81 bits per heavy atom. The molecule has 1 aromatic heterocycles. The summed E-state index contributed by atoms with van der Waals surface area (Å²) in [5, 5.41) is 7.75. The zero-order chi connectivity index (χ0) is 15.5. The van der Waals surface area contributed by atoms with Crippen LogP contribution in [0.25, 0.3) is 0 Å². The van der Waals surface area contributed by atoms with Crippen LogP contribution in [-0.2, 0) is 15.6 Å². The number of aromatic nitrogens is 2. The highest BCUT2D eigenvalue weighted by Gasteiger charge is 2.17.